The molecule has 1 heterocycles. The van der Waals surface area contributed by atoms with Crippen molar-refractivity contribution in [3.05, 3.63) is 46.7 Å². The van der Waals surface area contributed by atoms with Gasteiger partial charge in [0.15, 0.2) is 0 Å². The lowest BCUT2D eigenvalue weighted by molar-refractivity contribution is 0.1000. The standard InChI is InChI=1S/C10H9N3O/c11-10(14)7-1-2-8-6-12-3-4-13-9(8)5-7/h1-6,12H,(H2,11,14). The second-order valence-corrected chi connectivity index (χ2v) is 2.89. The van der Waals surface area contributed by atoms with Crippen LogP contribution in [0.3, 0.4) is 0 Å². The van der Waals surface area contributed by atoms with Crippen molar-refractivity contribution in [3.8, 4) is 0 Å². The second-order valence-electron chi connectivity index (χ2n) is 2.89. The zero-order valence-corrected chi connectivity index (χ0v) is 7.40. The SMILES string of the molecule is NC(=O)c1ccc2c(c1)=NC=CNC=2. The molecule has 4 nitrogen and oxygen atoms in total. The topological polar surface area (TPSA) is 67.5 Å². The number of amides is 1. The number of hydrogen-bond acceptors (Lipinski definition) is 3. The highest BCUT2D eigenvalue weighted by atomic mass is 16.1. The maximum Gasteiger partial charge on any atom is 0.248 e. The Bertz CT molecular complexity index is 517. The Balaban J connectivity index is 2.69. The third kappa shape index (κ3) is 1.50. The van der Waals surface area contributed by atoms with Crippen LogP contribution in [-0.2, 0) is 0 Å². The predicted octanol–water partition coefficient (Wildman–Crippen LogP) is -0.782. The van der Waals surface area contributed by atoms with Gasteiger partial charge in [-0.1, -0.05) is 6.07 Å². The molecule has 0 unspecified atom stereocenters. The number of nitrogens with two attached hydrogens (primary N) is 1. The molecule has 1 amide bonds. The molecule has 0 fully saturated rings. The Hall–Kier alpha value is -2.10. The lowest BCUT2D eigenvalue weighted by Crippen LogP contribution is -2.27. The molecule has 0 atom stereocenters. The Morgan fingerprint density at radius 3 is 3.07 bits per heavy atom. The monoisotopic (exact) mass is 187 g/mol. The molecule has 3 N–H and O–H groups in total. The van der Waals surface area contributed by atoms with E-state index in [1.54, 1.807) is 30.6 Å². The van der Waals surface area contributed by atoms with E-state index >= 15 is 0 Å². The highest BCUT2D eigenvalue weighted by Gasteiger charge is 1.99. The fraction of sp³-hybridized carbons (Fsp3) is 0. The van der Waals surface area contributed by atoms with Gasteiger partial charge in [0.2, 0.25) is 5.91 Å². The Morgan fingerprint density at radius 2 is 2.29 bits per heavy atom. The van der Waals surface area contributed by atoms with Gasteiger partial charge in [-0.2, -0.15) is 0 Å². The van der Waals surface area contributed by atoms with Gasteiger partial charge in [-0.05, 0) is 12.1 Å². The zero-order chi connectivity index (χ0) is 9.97. The van der Waals surface area contributed by atoms with E-state index in [-0.39, 0.29) is 0 Å². The Kier molecular flexibility index (Phi) is 2.02. The van der Waals surface area contributed by atoms with Gasteiger partial charge in [0.05, 0.1) is 5.36 Å². The van der Waals surface area contributed by atoms with Crippen molar-refractivity contribution in [1.29, 1.82) is 0 Å². The summed E-state index contributed by atoms with van der Waals surface area (Å²) >= 11 is 0. The Morgan fingerprint density at radius 1 is 1.43 bits per heavy atom. The van der Waals surface area contributed by atoms with Crippen molar-refractivity contribution < 1.29 is 4.79 Å². The average molecular weight is 187 g/mol. The van der Waals surface area contributed by atoms with Gasteiger partial charge in [-0.3, -0.25) is 9.79 Å². The summed E-state index contributed by atoms with van der Waals surface area (Å²) in [5, 5.41) is 4.61. The van der Waals surface area contributed by atoms with E-state index in [1.165, 1.54) is 0 Å². The molecule has 2 rings (SSSR count). The van der Waals surface area contributed by atoms with E-state index in [1.807, 2.05) is 6.20 Å². The highest BCUT2D eigenvalue weighted by Crippen LogP contribution is 1.90. The summed E-state index contributed by atoms with van der Waals surface area (Å²) in [7, 11) is 0. The molecule has 0 saturated heterocycles. The second kappa shape index (κ2) is 3.33. The molecule has 1 aromatic carbocycles. The normalized spacial score (nSPS) is 12.9. The van der Waals surface area contributed by atoms with Crippen LogP contribution in [0.25, 0.3) is 6.20 Å². The maximum atomic E-state index is 10.9. The van der Waals surface area contributed by atoms with E-state index < -0.39 is 5.91 Å². The first-order valence-corrected chi connectivity index (χ1v) is 4.16. The molecule has 4 heteroatoms. The van der Waals surface area contributed by atoms with Crippen molar-refractivity contribution in [1.82, 2.24) is 5.32 Å². The minimum atomic E-state index is -0.441. The van der Waals surface area contributed by atoms with E-state index in [0.717, 1.165) is 10.6 Å². The van der Waals surface area contributed by atoms with Crippen molar-refractivity contribution >= 4 is 12.1 Å². The van der Waals surface area contributed by atoms with Crippen LogP contribution in [0.15, 0.2) is 35.6 Å². The van der Waals surface area contributed by atoms with Gasteiger partial charge in [0.1, 0.15) is 0 Å². The summed E-state index contributed by atoms with van der Waals surface area (Å²) in [6.07, 6.45) is 5.16. The molecule has 0 saturated carbocycles. The molecule has 0 aromatic heterocycles. The first kappa shape index (κ1) is 8.50. The minimum absolute atomic E-state index is 0.441. The zero-order valence-electron chi connectivity index (χ0n) is 7.40. The van der Waals surface area contributed by atoms with Crippen molar-refractivity contribution in [2.45, 2.75) is 0 Å². The van der Waals surface area contributed by atoms with Crippen LogP contribution in [0.1, 0.15) is 10.4 Å². The van der Waals surface area contributed by atoms with Crippen LogP contribution in [0, 0.1) is 0 Å². The summed E-state index contributed by atoms with van der Waals surface area (Å²) < 4.78 is 0. The molecule has 1 aliphatic rings. The minimum Gasteiger partial charge on any atom is -0.366 e. The number of benzene rings is 1. The van der Waals surface area contributed by atoms with Gasteiger partial charge in [0, 0.05) is 29.4 Å². The van der Waals surface area contributed by atoms with Crippen molar-refractivity contribution in [2.24, 2.45) is 10.7 Å². The van der Waals surface area contributed by atoms with E-state index in [4.69, 9.17) is 5.73 Å². The summed E-state index contributed by atoms with van der Waals surface area (Å²) in [6.45, 7) is 0. The molecule has 70 valence electrons. The van der Waals surface area contributed by atoms with Crippen LogP contribution < -0.4 is 21.6 Å². The lowest BCUT2D eigenvalue weighted by Gasteiger charge is -1.94. The molecule has 14 heavy (non-hydrogen) atoms. The van der Waals surface area contributed by atoms with Crippen molar-refractivity contribution in [2.75, 3.05) is 0 Å². The molecule has 1 aliphatic heterocycles. The van der Waals surface area contributed by atoms with Gasteiger partial charge in [-0.15, -0.1) is 0 Å². The van der Waals surface area contributed by atoms with Crippen LogP contribution in [0.5, 0.6) is 0 Å². The summed E-state index contributed by atoms with van der Waals surface area (Å²) in [5.41, 5.74) is 5.63. The molecule has 0 bridgehead atoms. The lowest BCUT2D eigenvalue weighted by atomic mass is 10.2. The number of hydrogen-bond donors (Lipinski definition) is 2. The Labute approximate surface area is 80.5 Å². The first-order valence-electron chi connectivity index (χ1n) is 4.16. The molecular formula is C10H9N3O. The highest BCUT2D eigenvalue weighted by molar-refractivity contribution is 5.92. The van der Waals surface area contributed by atoms with E-state index in [0.29, 0.717) is 5.56 Å². The predicted molar refractivity (Wildman–Crippen MR) is 52.5 cm³/mol. The number of nitrogens with one attached hydrogen (secondary N) is 1. The van der Waals surface area contributed by atoms with Crippen LogP contribution >= 0.6 is 0 Å². The van der Waals surface area contributed by atoms with Crippen molar-refractivity contribution in [3.63, 3.8) is 0 Å². The number of fused-ring (bicyclic) bond motifs is 1. The quantitative estimate of drug-likeness (QED) is 0.605. The third-order valence-electron chi connectivity index (χ3n) is 1.94. The van der Waals surface area contributed by atoms with Gasteiger partial charge in [0.25, 0.3) is 0 Å². The smallest absolute Gasteiger partial charge is 0.248 e. The number of carbonyl (C=O) groups excluding carboxylic acids is 1. The van der Waals surface area contributed by atoms with E-state index in [9.17, 15) is 4.79 Å². The average Bonchev–Trinajstić information content (AvgIpc) is 2.41. The van der Waals surface area contributed by atoms with Gasteiger partial charge < -0.3 is 11.1 Å². The largest absolute Gasteiger partial charge is 0.366 e. The summed E-state index contributed by atoms with van der Waals surface area (Å²) in [5.74, 6) is -0.441. The molecular weight excluding hydrogens is 178 g/mol. The number of rotatable bonds is 1. The van der Waals surface area contributed by atoms with Crippen LogP contribution in [0.2, 0.25) is 0 Å². The van der Waals surface area contributed by atoms with Crippen LogP contribution in [-0.4, -0.2) is 5.91 Å². The molecule has 0 spiro atoms. The van der Waals surface area contributed by atoms with Gasteiger partial charge >= 0.3 is 0 Å². The summed E-state index contributed by atoms with van der Waals surface area (Å²) in [6, 6.07) is 5.16. The van der Waals surface area contributed by atoms with Gasteiger partial charge in [-0.25, -0.2) is 0 Å². The van der Waals surface area contributed by atoms with E-state index in [2.05, 4.69) is 10.3 Å². The number of primary amides is 1. The molecule has 0 aliphatic carbocycles. The van der Waals surface area contributed by atoms with Crippen LogP contribution in [0.4, 0.5) is 0 Å². The fourth-order valence-corrected chi connectivity index (χ4v) is 1.23. The fourth-order valence-electron chi connectivity index (χ4n) is 1.23. The number of carbonyl (C=O) groups is 1. The third-order valence-corrected chi connectivity index (χ3v) is 1.94. The maximum absolute atomic E-state index is 10.9. The first-order chi connectivity index (χ1) is 6.77. The molecule has 1 aromatic rings. The summed E-state index contributed by atoms with van der Waals surface area (Å²) in [4.78, 5) is 15.1. The molecule has 0 radical (unpaired) electrons. The number of nitrogens with zero attached hydrogens (tertiary/aromatic N) is 1.